The molecule has 0 amide bonds. The minimum Gasteiger partial charge on any atom is -0.479 e. The van der Waals surface area contributed by atoms with Crippen LogP contribution in [0, 0.1) is 0 Å². The molecule has 0 fully saturated rings. The van der Waals surface area contributed by atoms with Crippen LogP contribution < -0.4 is 0 Å². The van der Waals surface area contributed by atoms with Crippen LogP contribution in [-0.4, -0.2) is 21.8 Å². The van der Waals surface area contributed by atoms with Gasteiger partial charge in [0.2, 0.25) is 0 Å². The third kappa shape index (κ3) is 3.74. The number of hydrogen-bond donors (Lipinski definition) is 2. The molecule has 2 aromatic carbocycles. The quantitative estimate of drug-likeness (QED) is 0.859. The van der Waals surface area contributed by atoms with Crippen molar-refractivity contribution in [3.05, 3.63) is 71.8 Å². The van der Waals surface area contributed by atoms with Crippen molar-refractivity contribution in [2.75, 3.05) is 0 Å². The highest BCUT2D eigenvalue weighted by atomic mass is 16.4. The van der Waals surface area contributed by atoms with E-state index in [1.165, 1.54) is 0 Å². The van der Waals surface area contributed by atoms with Crippen LogP contribution in [0.4, 0.5) is 0 Å². The lowest BCUT2D eigenvalue weighted by molar-refractivity contribution is -0.160. The van der Waals surface area contributed by atoms with Gasteiger partial charge < -0.3 is 10.2 Å². The van der Waals surface area contributed by atoms with Gasteiger partial charge in [-0.1, -0.05) is 74.5 Å². The maximum absolute atomic E-state index is 11.7. The highest BCUT2D eigenvalue weighted by molar-refractivity contribution is 5.77. The summed E-state index contributed by atoms with van der Waals surface area (Å²) in [5.74, 6) is -1.18. The highest BCUT2D eigenvalue weighted by Crippen LogP contribution is 2.34. The fourth-order valence-corrected chi connectivity index (χ4v) is 2.87. The van der Waals surface area contributed by atoms with Crippen LogP contribution in [0.5, 0.6) is 0 Å². The van der Waals surface area contributed by atoms with E-state index in [2.05, 4.69) is 0 Å². The van der Waals surface area contributed by atoms with Crippen LogP contribution >= 0.6 is 0 Å². The predicted molar refractivity (Wildman–Crippen MR) is 86.8 cm³/mol. The Morgan fingerprint density at radius 1 is 0.955 bits per heavy atom. The Morgan fingerprint density at radius 2 is 1.45 bits per heavy atom. The van der Waals surface area contributed by atoms with Crippen LogP contribution in [0.1, 0.15) is 31.4 Å². The molecule has 0 aliphatic heterocycles. The Kier molecular flexibility index (Phi) is 4.67. The van der Waals surface area contributed by atoms with Gasteiger partial charge in [-0.2, -0.15) is 0 Å². The van der Waals surface area contributed by atoms with Crippen LogP contribution in [0.15, 0.2) is 60.7 Å². The summed E-state index contributed by atoms with van der Waals surface area (Å²) >= 11 is 0. The zero-order valence-corrected chi connectivity index (χ0v) is 13.0. The molecule has 1 atom stereocenters. The summed E-state index contributed by atoms with van der Waals surface area (Å²) in [6.07, 6.45) is 0.244. The van der Waals surface area contributed by atoms with E-state index in [-0.39, 0.29) is 12.8 Å². The molecule has 0 saturated carbocycles. The first-order chi connectivity index (χ1) is 10.3. The largest absolute Gasteiger partial charge is 0.479 e. The zero-order valence-electron chi connectivity index (χ0n) is 13.0. The molecule has 2 aromatic rings. The number of rotatable bonds is 6. The van der Waals surface area contributed by atoms with E-state index < -0.39 is 17.0 Å². The van der Waals surface area contributed by atoms with Gasteiger partial charge in [0, 0.05) is 6.42 Å². The lowest BCUT2D eigenvalue weighted by atomic mass is 9.73. The normalized spacial score (nSPS) is 14.3. The van der Waals surface area contributed by atoms with Crippen molar-refractivity contribution in [3.63, 3.8) is 0 Å². The number of hydrogen-bond acceptors (Lipinski definition) is 2. The first-order valence-electron chi connectivity index (χ1n) is 7.39. The molecule has 3 heteroatoms. The van der Waals surface area contributed by atoms with E-state index >= 15 is 0 Å². The van der Waals surface area contributed by atoms with Crippen LogP contribution in [-0.2, 0) is 16.6 Å². The highest BCUT2D eigenvalue weighted by Gasteiger charge is 2.41. The number of benzene rings is 2. The molecular weight excluding hydrogens is 276 g/mol. The Labute approximate surface area is 131 Å². The minimum absolute atomic E-state index is 0.0967. The van der Waals surface area contributed by atoms with E-state index in [4.69, 9.17) is 0 Å². The minimum atomic E-state index is -1.79. The van der Waals surface area contributed by atoms with E-state index in [1.807, 2.05) is 74.5 Å². The first kappa shape index (κ1) is 16.2. The number of carbonyl (C=O) groups is 1. The molecule has 0 saturated heterocycles. The smallest absolute Gasteiger partial charge is 0.336 e. The molecule has 3 nitrogen and oxygen atoms in total. The van der Waals surface area contributed by atoms with Crippen molar-refractivity contribution >= 4 is 5.97 Å². The van der Waals surface area contributed by atoms with Gasteiger partial charge in [0.15, 0.2) is 5.60 Å². The second-order valence-corrected chi connectivity index (χ2v) is 6.43. The molecule has 0 spiro atoms. The lowest BCUT2D eigenvalue weighted by Gasteiger charge is -2.34. The monoisotopic (exact) mass is 298 g/mol. The SMILES string of the molecule is CC(C)(CC(O)(Cc1ccccc1)C(=O)O)c1ccccc1. The summed E-state index contributed by atoms with van der Waals surface area (Å²) in [5, 5.41) is 20.3. The predicted octanol–water partition coefficient (Wildman–Crippen LogP) is 3.41. The molecule has 0 radical (unpaired) electrons. The van der Waals surface area contributed by atoms with Crippen molar-refractivity contribution in [2.24, 2.45) is 0 Å². The van der Waals surface area contributed by atoms with Gasteiger partial charge in [-0.15, -0.1) is 0 Å². The molecule has 0 aliphatic rings. The van der Waals surface area contributed by atoms with Gasteiger partial charge >= 0.3 is 5.97 Å². The van der Waals surface area contributed by atoms with Crippen LogP contribution in [0.3, 0.4) is 0 Å². The average molecular weight is 298 g/mol. The van der Waals surface area contributed by atoms with Crippen molar-refractivity contribution in [1.82, 2.24) is 0 Å². The van der Waals surface area contributed by atoms with Gasteiger partial charge in [0.1, 0.15) is 0 Å². The third-order valence-corrected chi connectivity index (χ3v) is 4.03. The van der Waals surface area contributed by atoms with E-state index in [9.17, 15) is 15.0 Å². The fourth-order valence-electron chi connectivity index (χ4n) is 2.87. The van der Waals surface area contributed by atoms with Crippen LogP contribution in [0.25, 0.3) is 0 Å². The number of aliphatic hydroxyl groups is 1. The molecule has 116 valence electrons. The Bertz CT molecular complexity index is 620. The summed E-state index contributed by atoms with van der Waals surface area (Å²) in [6, 6.07) is 18.9. The van der Waals surface area contributed by atoms with Crippen molar-refractivity contribution < 1.29 is 15.0 Å². The summed E-state index contributed by atoms with van der Waals surface area (Å²) in [6.45, 7) is 3.92. The van der Waals surface area contributed by atoms with Gasteiger partial charge in [-0.25, -0.2) is 4.79 Å². The van der Waals surface area contributed by atoms with E-state index in [0.29, 0.717) is 0 Å². The van der Waals surface area contributed by atoms with E-state index in [0.717, 1.165) is 11.1 Å². The Hall–Kier alpha value is -2.13. The molecule has 2 N–H and O–H groups in total. The summed E-state index contributed by atoms with van der Waals surface area (Å²) in [7, 11) is 0. The molecule has 2 rings (SSSR count). The summed E-state index contributed by atoms with van der Waals surface area (Å²) in [5.41, 5.74) is -0.400. The Balaban J connectivity index is 2.26. The molecule has 0 bridgehead atoms. The molecule has 0 aromatic heterocycles. The third-order valence-electron chi connectivity index (χ3n) is 4.03. The second kappa shape index (κ2) is 6.32. The number of carboxylic acid groups (broad SMARTS) is 1. The van der Waals surface area contributed by atoms with E-state index in [1.54, 1.807) is 0 Å². The molecular formula is C19H22O3. The van der Waals surface area contributed by atoms with Crippen molar-refractivity contribution in [3.8, 4) is 0 Å². The number of carboxylic acids is 1. The molecule has 1 unspecified atom stereocenters. The van der Waals surface area contributed by atoms with Gasteiger partial charge in [0.25, 0.3) is 0 Å². The maximum Gasteiger partial charge on any atom is 0.336 e. The molecule has 0 aliphatic carbocycles. The fraction of sp³-hybridized carbons (Fsp3) is 0.316. The van der Waals surface area contributed by atoms with Gasteiger partial charge in [-0.3, -0.25) is 0 Å². The molecule has 22 heavy (non-hydrogen) atoms. The second-order valence-electron chi connectivity index (χ2n) is 6.43. The number of aliphatic carboxylic acids is 1. The maximum atomic E-state index is 11.7. The van der Waals surface area contributed by atoms with Crippen molar-refractivity contribution in [2.45, 2.75) is 37.7 Å². The topological polar surface area (TPSA) is 57.5 Å². The summed E-state index contributed by atoms with van der Waals surface area (Å²) < 4.78 is 0. The zero-order chi connectivity index (χ0) is 16.2. The lowest BCUT2D eigenvalue weighted by Crippen LogP contribution is -2.45. The molecule has 0 heterocycles. The summed E-state index contributed by atoms with van der Waals surface area (Å²) in [4.78, 5) is 11.7. The van der Waals surface area contributed by atoms with Crippen LogP contribution in [0.2, 0.25) is 0 Å². The Morgan fingerprint density at radius 3 is 1.95 bits per heavy atom. The first-order valence-corrected chi connectivity index (χ1v) is 7.39. The standard InChI is InChI=1S/C19H22O3/c1-18(2,16-11-7-4-8-12-16)14-19(22,17(20)21)13-15-9-5-3-6-10-15/h3-12,22H,13-14H2,1-2H3,(H,20,21). The van der Waals surface area contributed by atoms with Crippen molar-refractivity contribution in [1.29, 1.82) is 0 Å². The van der Waals surface area contributed by atoms with Gasteiger partial charge in [-0.05, 0) is 23.0 Å². The van der Waals surface area contributed by atoms with Gasteiger partial charge in [0.05, 0.1) is 0 Å². The average Bonchev–Trinajstić information content (AvgIpc) is 2.48.